The normalized spacial score (nSPS) is 14.7. The molecule has 76 valence electrons. The molecule has 0 spiro atoms. The Morgan fingerprint density at radius 3 is 2.93 bits per heavy atom. The molecule has 1 heterocycles. The van der Waals surface area contributed by atoms with Crippen LogP contribution in [0.4, 0.5) is 0 Å². The molecule has 0 radical (unpaired) electrons. The lowest BCUT2D eigenvalue weighted by atomic mass is 10.1. The third-order valence-corrected chi connectivity index (χ3v) is 3.13. The highest BCUT2D eigenvalue weighted by Crippen LogP contribution is 2.19. The minimum atomic E-state index is -0.745. The molecule has 0 amide bonds. The summed E-state index contributed by atoms with van der Waals surface area (Å²) in [6, 6.07) is 3.99. The Balaban J connectivity index is 2.37. The highest BCUT2D eigenvalue weighted by molar-refractivity contribution is 7.98. The van der Waals surface area contributed by atoms with Crippen LogP contribution in [0, 0.1) is 18.3 Å². The molecule has 1 aromatic rings. The van der Waals surface area contributed by atoms with Crippen molar-refractivity contribution in [1.82, 2.24) is 0 Å². The third-order valence-electron chi connectivity index (χ3n) is 1.86. The Kier molecular flexibility index (Phi) is 3.62. The van der Waals surface area contributed by atoms with E-state index in [2.05, 4.69) is 6.07 Å². The number of nitriles is 1. The molecule has 0 aromatic carbocycles. The number of thioether (sulfide) groups is 1. The number of hydrogen-bond acceptors (Lipinski definition) is 4. The maximum absolute atomic E-state index is 8.69. The average molecular weight is 210 g/mol. The fraction of sp³-hybridized carbons (Fsp3) is 0.500. The van der Waals surface area contributed by atoms with E-state index in [1.54, 1.807) is 24.9 Å². The lowest BCUT2D eigenvalue weighted by Crippen LogP contribution is -2.36. The summed E-state index contributed by atoms with van der Waals surface area (Å²) >= 11 is 1.62. The van der Waals surface area contributed by atoms with Gasteiger partial charge in [-0.25, -0.2) is 0 Å². The van der Waals surface area contributed by atoms with E-state index in [0.29, 0.717) is 5.75 Å². The average Bonchev–Trinajstić information content (AvgIpc) is 2.52. The van der Waals surface area contributed by atoms with Gasteiger partial charge in [-0.1, -0.05) is 0 Å². The summed E-state index contributed by atoms with van der Waals surface area (Å²) in [6.07, 6.45) is 1.68. The summed E-state index contributed by atoms with van der Waals surface area (Å²) in [4.78, 5) is 0. The number of nitrogens with two attached hydrogens (primary N) is 1. The molecule has 3 nitrogen and oxygen atoms in total. The fourth-order valence-electron chi connectivity index (χ4n) is 0.940. The predicted molar refractivity (Wildman–Crippen MR) is 57.8 cm³/mol. The zero-order valence-corrected chi connectivity index (χ0v) is 9.23. The molecule has 1 atom stereocenters. The first-order chi connectivity index (χ1) is 6.55. The zero-order chi connectivity index (χ0) is 10.6. The first-order valence-electron chi connectivity index (χ1n) is 4.36. The minimum Gasteiger partial charge on any atom is -0.468 e. The quantitative estimate of drug-likeness (QED) is 0.826. The first kappa shape index (κ1) is 11.2. The van der Waals surface area contributed by atoms with E-state index < -0.39 is 5.54 Å². The number of hydrogen-bond donors (Lipinski definition) is 1. The van der Waals surface area contributed by atoms with Crippen LogP contribution in [-0.4, -0.2) is 11.3 Å². The standard InChI is InChI=1S/C10H14N2OS/c1-8-3-4-13-9(8)5-14-7-10(2,12)6-11/h3-4H,5,7,12H2,1-2H3. The highest BCUT2D eigenvalue weighted by Gasteiger charge is 2.17. The van der Waals surface area contributed by atoms with Gasteiger partial charge in [0, 0.05) is 5.75 Å². The van der Waals surface area contributed by atoms with E-state index in [9.17, 15) is 0 Å². The van der Waals surface area contributed by atoms with Gasteiger partial charge in [0.05, 0.1) is 18.1 Å². The summed E-state index contributed by atoms with van der Waals surface area (Å²) in [5.41, 5.74) is 6.08. The largest absolute Gasteiger partial charge is 0.468 e. The van der Waals surface area contributed by atoms with Gasteiger partial charge in [0.1, 0.15) is 11.3 Å². The number of nitrogens with zero attached hydrogens (tertiary/aromatic N) is 1. The third kappa shape index (κ3) is 3.09. The van der Waals surface area contributed by atoms with Gasteiger partial charge in [-0.3, -0.25) is 0 Å². The van der Waals surface area contributed by atoms with Crippen LogP contribution < -0.4 is 5.73 Å². The van der Waals surface area contributed by atoms with Crippen molar-refractivity contribution in [2.24, 2.45) is 5.73 Å². The predicted octanol–water partition coefficient (Wildman–Crippen LogP) is 2.06. The van der Waals surface area contributed by atoms with Crippen LogP contribution in [0.25, 0.3) is 0 Å². The summed E-state index contributed by atoms with van der Waals surface area (Å²) in [5.74, 6) is 2.35. The molecule has 1 rings (SSSR count). The molecule has 0 saturated heterocycles. The van der Waals surface area contributed by atoms with Crippen LogP contribution in [-0.2, 0) is 5.75 Å². The van der Waals surface area contributed by atoms with Crippen LogP contribution in [0.15, 0.2) is 16.7 Å². The molecule has 0 aliphatic heterocycles. The van der Waals surface area contributed by atoms with Crippen LogP contribution in [0.1, 0.15) is 18.2 Å². The van der Waals surface area contributed by atoms with E-state index in [1.165, 1.54) is 0 Å². The van der Waals surface area contributed by atoms with Crippen molar-refractivity contribution >= 4 is 11.8 Å². The van der Waals surface area contributed by atoms with E-state index in [0.717, 1.165) is 17.1 Å². The monoisotopic (exact) mass is 210 g/mol. The van der Waals surface area contributed by atoms with Gasteiger partial charge >= 0.3 is 0 Å². The van der Waals surface area contributed by atoms with Crippen molar-refractivity contribution in [2.45, 2.75) is 25.1 Å². The Hall–Kier alpha value is -0.920. The van der Waals surface area contributed by atoms with Crippen molar-refractivity contribution < 1.29 is 4.42 Å². The van der Waals surface area contributed by atoms with Gasteiger partial charge < -0.3 is 10.2 Å². The van der Waals surface area contributed by atoms with E-state index in [1.807, 2.05) is 13.0 Å². The molecule has 0 bridgehead atoms. The van der Waals surface area contributed by atoms with Crippen molar-refractivity contribution in [3.8, 4) is 6.07 Å². The second kappa shape index (κ2) is 4.54. The molecule has 0 aliphatic rings. The molecule has 2 N–H and O–H groups in total. The molecular formula is C10H14N2OS. The fourth-order valence-corrected chi connectivity index (χ4v) is 2.01. The van der Waals surface area contributed by atoms with Crippen molar-refractivity contribution in [2.75, 3.05) is 5.75 Å². The van der Waals surface area contributed by atoms with Gasteiger partial charge in [-0.05, 0) is 25.5 Å². The maximum Gasteiger partial charge on any atom is 0.116 e. The van der Waals surface area contributed by atoms with Crippen LogP contribution in [0.3, 0.4) is 0 Å². The van der Waals surface area contributed by atoms with Gasteiger partial charge in [0.15, 0.2) is 0 Å². The Bertz CT molecular complexity index is 338. The van der Waals surface area contributed by atoms with Gasteiger partial charge in [0.25, 0.3) is 0 Å². The molecule has 1 unspecified atom stereocenters. The summed E-state index contributed by atoms with van der Waals surface area (Å²) in [5, 5.41) is 8.69. The Morgan fingerprint density at radius 2 is 2.43 bits per heavy atom. The number of rotatable bonds is 4. The van der Waals surface area contributed by atoms with Crippen molar-refractivity contribution in [3.63, 3.8) is 0 Å². The second-order valence-electron chi connectivity index (χ2n) is 3.55. The van der Waals surface area contributed by atoms with Crippen molar-refractivity contribution in [1.29, 1.82) is 5.26 Å². The first-order valence-corrected chi connectivity index (χ1v) is 5.51. The highest BCUT2D eigenvalue weighted by atomic mass is 32.2. The van der Waals surface area contributed by atoms with E-state index >= 15 is 0 Å². The lowest BCUT2D eigenvalue weighted by molar-refractivity contribution is 0.527. The second-order valence-corrected chi connectivity index (χ2v) is 4.53. The van der Waals surface area contributed by atoms with Gasteiger partial charge in [0.2, 0.25) is 0 Å². The van der Waals surface area contributed by atoms with E-state index in [-0.39, 0.29) is 0 Å². The molecule has 4 heteroatoms. The maximum atomic E-state index is 8.69. The summed E-state index contributed by atoms with van der Waals surface area (Å²) < 4.78 is 5.27. The number of aryl methyl sites for hydroxylation is 1. The Morgan fingerprint density at radius 1 is 1.71 bits per heavy atom. The molecule has 0 aliphatic carbocycles. The molecular weight excluding hydrogens is 196 g/mol. The smallest absolute Gasteiger partial charge is 0.116 e. The topological polar surface area (TPSA) is 62.9 Å². The Labute approximate surface area is 88.3 Å². The number of furan rings is 1. The SMILES string of the molecule is Cc1ccoc1CSCC(C)(N)C#N. The molecule has 0 fully saturated rings. The van der Waals surface area contributed by atoms with Crippen LogP contribution in [0.2, 0.25) is 0 Å². The van der Waals surface area contributed by atoms with Gasteiger partial charge in [-0.2, -0.15) is 17.0 Å². The lowest BCUT2D eigenvalue weighted by Gasteiger charge is -2.13. The van der Waals surface area contributed by atoms with Crippen LogP contribution >= 0.6 is 11.8 Å². The van der Waals surface area contributed by atoms with E-state index in [4.69, 9.17) is 15.4 Å². The zero-order valence-electron chi connectivity index (χ0n) is 8.41. The molecule has 0 saturated carbocycles. The molecule has 1 aromatic heterocycles. The summed E-state index contributed by atoms with van der Waals surface area (Å²) in [6.45, 7) is 3.74. The molecule has 14 heavy (non-hydrogen) atoms. The van der Waals surface area contributed by atoms with Crippen LogP contribution in [0.5, 0.6) is 0 Å². The van der Waals surface area contributed by atoms with Crippen molar-refractivity contribution in [3.05, 3.63) is 23.7 Å². The summed E-state index contributed by atoms with van der Waals surface area (Å²) in [7, 11) is 0. The van der Waals surface area contributed by atoms with Gasteiger partial charge in [-0.15, -0.1) is 0 Å². The minimum absolute atomic E-state index is 0.615.